The zero-order chi connectivity index (χ0) is 12.7. The predicted octanol–water partition coefficient (Wildman–Crippen LogP) is 1.41. The van der Waals surface area contributed by atoms with E-state index < -0.39 is 5.97 Å². The van der Waals surface area contributed by atoms with E-state index in [2.05, 4.69) is 16.8 Å². The highest BCUT2D eigenvalue weighted by Crippen LogP contribution is 2.42. The maximum atomic E-state index is 11.5. The van der Waals surface area contributed by atoms with Crippen LogP contribution in [-0.4, -0.2) is 59.1 Å². The van der Waals surface area contributed by atoms with Gasteiger partial charge in [-0.05, 0) is 45.2 Å². The quantitative estimate of drug-likeness (QED) is 0.807. The van der Waals surface area contributed by atoms with Gasteiger partial charge in [0.2, 0.25) is 0 Å². The maximum Gasteiger partial charge on any atom is 0.320 e. The third-order valence-corrected chi connectivity index (χ3v) is 5.21. The van der Waals surface area contributed by atoms with Crippen molar-refractivity contribution in [1.29, 1.82) is 0 Å². The highest BCUT2D eigenvalue weighted by atomic mass is 16.4. The Bertz CT molecular complexity index is 334. The van der Waals surface area contributed by atoms with Gasteiger partial charge in [0.1, 0.15) is 6.04 Å². The van der Waals surface area contributed by atoms with Gasteiger partial charge < -0.3 is 10.0 Å². The normalized spacial score (nSPS) is 42.1. The summed E-state index contributed by atoms with van der Waals surface area (Å²) in [6.07, 6.45) is 7.07. The van der Waals surface area contributed by atoms with Crippen LogP contribution in [0.5, 0.6) is 0 Å². The lowest BCUT2D eigenvalue weighted by atomic mass is 9.84. The predicted molar refractivity (Wildman–Crippen MR) is 69.5 cm³/mol. The van der Waals surface area contributed by atoms with Crippen LogP contribution in [0.4, 0.5) is 0 Å². The molecular weight excluding hydrogens is 228 g/mol. The number of rotatable bonds is 2. The molecule has 0 aromatic carbocycles. The molecule has 2 saturated heterocycles. The number of carboxylic acid groups (broad SMARTS) is 1. The first-order valence-electron chi connectivity index (χ1n) is 7.35. The molecule has 0 aromatic rings. The Labute approximate surface area is 109 Å². The third-order valence-electron chi connectivity index (χ3n) is 5.21. The largest absolute Gasteiger partial charge is 0.480 e. The molecule has 0 amide bonds. The summed E-state index contributed by atoms with van der Waals surface area (Å²) in [4.78, 5) is 16.3. The van der Waals surface area contributed by atoms with Gasteiger partial charge in [-0.25, -0.2) is 0 Å². The number of carbonyl (C=O) groups is 1. The lowest BCUT2D eigenvalue weighted by Gasteiger charge is -2.37. The molecule has 4 heteroatoms. The average Bonchev–Trinajstić information content (AvgIpc) is 2.92. The molecule has 1 N–H and O–H groups in total. The lowest BCUT2D eigenvalue weighted by Crippen LogP contribution is -2.49. The maximum absolute atomic E-state index is 11.5. The first-order valence-corrected chi connectivity index (χ1v) is 7.35. The minimum absolute atomic E-state index is 0.213. The molecule has 102 valence electrons. The Balaban J connectivity index is 1.80. The van der Waals surface area contributed by atoms with Crippen molar-refractivity contribution in [2.75, 3.05) is 20.1 Å². The van der Waals surface area contributed by atoms with Gasteiger partial charge in [-0.15, -0.1) is 0 Å². The summed E-state index contributed by atoms with van der Waals surface area (Å²) in [5, 5.41) is 9.50. The number of likely N-dealkylation sites (tertiary alicyclic amines) is 2. The molecule has 2 aliphatic heterocycles. The number of hydrogen-bond donors (Lipinski definition) is 1. The SMILES string of the molecule is CN1CCC(N2C(C(=O)O)CC3CCCCC32)C1. The molecule has 0 aromatic heterocycles. The topological polar surface area (TPSA) is 43.8 Å². The highest BCUT2D eigenvalue weighted by molar-refractivity contribution is 5.74. The molecule has 4 unspecified atom stereocenters. The summed E-state index contributed by atoms with van der Waals surface area (Å²) < 4.78 is 0. The Kier molecular flexibility index (Phi) is 3.32. The summed E-state index contributed by atoms with van der Waals surface area (Å²) in [5.41, 5.74) is 0. The molecule has 0 radical (unpaired) electrons. The van der Waals surface area contributed by atoms with Crippen LogP contribution in [0.25, 0.3) is 0 Å². The third kappa shape index (κ3) is 2.05. The number of nitrogens with zero attached hydrogens (tertiary/aromatic N) is 2. The van der Waals surface area contributed by atoms with E-state index in [-0.39, 0.29) is 6.04 Å². The van der Waals surface area contributed by atoms with Crippen molar-refractivity contribution in [2.45, 2.75) is 56.7 Å². The Hall–Kier alpha value is -0.610. The number of hydrogen-bond acceptors (Lipinski definition) is 3. The van der Waals surface area contributed by atoms with Crippen molar-refractivity contribution in [3.8, 4) is 0 Å². The van der Waals surface area contributed by atoms with Gasteiger partial charge in [-0.1, -0.05) is 12.8 Å². The second-order valence-electron chi connectivity index (χ2n) is 6.35. The fourth-order valence-electron chi connectivity index (χ4n) is 4.40. The minimum Gasteiger partial charge on any atom is -0.480 e. The fraction of sp³-hybridized carbons (Fsp3) is 0.929. The average molecular weight is 252 g/mol. The van der Waals surface area contributed by atoms with Gasteiger partial charge >= 0.3 is 5.97 Å². The van der Waals surface area contributed by atoms with E-state index in [0.29, 0.717) is 18.0 Å². The van der Waals surface area contributed by atoms with Crippen molar-refractivity contribution in [1.82, 2.24) is 9.80 Å². The first kappa shape index (κ1) is 12.4. The Morgan fingerprint density at radius 2 is 2.00 bits per heavy atom. The second kappa shape index (κ2) is 4.82. The van der Waals surface area contributed by atoms with Crippen LogP contribution in [-0.2, 0) is 4.79 Å². The zero-order valence-electron chi connectivity index (χ0n) is 11.2. The van der Waals surface area contributed by atoms with Gasteiger partial charge in [-0.2, -0.15) is 0 Å². The van der Waals surface area contributed by atoms with Crippen LogP contribution in [0.3, 0.4) is 0 Å². The summed E-state index contributed by atoms with van der Waals surface area (Å²) >= 11 is 0. The van der Waals surface area contributed by atoms with Crippen LogP contribution < -0.4 is 0 Å². The zero-order valence-corrected chi connectivity index (χ0v) is 11.2. The van der Waals surface area contributed by atoms with Gasteiger partial charge in [0.05, 0.1) is 0 Å². The molecule has 2 heterocycles. The van der Waals surface area contributed by atoms with Crippen LogP contribution in [0.1, 0.15) is 38.5 Å². The van der Waals surface area contributed by atoms with Crippen molar-refractivity contribution in [2.24, 2.45) is 5.92 Å². The summed E-state index contributed by atoms with van der Waals surface area (Å²) in [6, 6.07) is 0.815. The van der Waals surface area contributed by atoms with Crippen LogP contribution in [0, 0.1) is 5.92 Å². The molecule has 18 heavy (non-hydrogen) atoms. The Morgan fingerprint density at radius 1 is 1.22 bits per heavy atom. The second-order valence-corrected chi connectivity index (χ2v) is 6.35. The highest BCUT2D eigenvalue weighted by Gasteiger charge is 2.48. The smallest absolute Gasteiger partial charge is 0.320 e. The van der Waals surface area contributed by atoms with Crippen molar-refractivity contribution in [3.05, 3.63) is 0 Å². The molecule has 3 fully saturated rings. The van der Waals surface area contributed by atoms with Crippen LogP contribution in [0.15, 0.2) is 0 Å². The van der Waals surface area contributed by atoms with E-state index in [0.717, 1.165) is 25.9 Å². The molecule has 3 aliphatic rings. The van der Waals surface area contributed by atoms with E-state index in [9.17, 15) is 9.90 Å². The van der Waals surface area contributed by atoms with Crippen molar-refractivity contribution >= 4 is 5.97 Å². The molecule has 1 aliphatic carbocycles. The number of carboxylic acids is 1. The van der Waals surface area contributed by atoms with Gasteiger partial charge in [0, 0.05) is 18.6 Å². The van der Waals surface area contributed by atoms with E-state index in [4.69, 9.17) is 0 Å². The summed E-state index contributed by atoms with van der Waals surface area (Å²) in [6.45, 7) is 2.16. The van der Waals surface area contributed by atoms with E-state index in [1.807, 2.05) is 0 Å². The molecule has 0 spiro atoms. The van der Waals surface area contributed by atoms with Crippen LogP contribution >= 0.6 is 0 Å². The molecule has 4 atom stereocenters. The molecule has 1 saturated carbocycles. The van der Waals surface area contributed by atoms with Crippen LogP contribution in [0.2, 0.25) is 0 Å². The van der Waals surface area contributed by atoms with Gasteiger partial charge in [0.25, 0.3) is 0 Å². The monoisotopic (exact) mass is 252 g/mol. The van der Waals surface area contributed by atoms with Gasteiger partial charge in [0.15, 0.2) is 0 Å². The van der Waals surface area contributed by atoms with E-state index in [1.165, 1.54) is 25.7 Å². The summed E-state index contributed by atoms with van der Waals surface area (Å²) in [5.74, 6) is 0.0460. The van der Waals surface area contributed by atoms with Crippen molar-refractivity contribution in [3.63, 3.8) is 0 Å². The molecule has 3 rings (SSSR count). The number of likely N-dealkylation sites (N-methyl/N-ethyl adjacent to an activating group) is 1. The number of fused-ring (bicyclic) bond motifs is 1. The Morgan fingerprint density at radius 3 is 2.67 bits per heavy atom. The number of aliphatic carboxylic acids is 1. The minimum atomic E-state index is -0.598. The molecule has 0 bridgehead atoms. The molecular formula is C14H24N2O2. The van der Waals surface area contributed by atoms with Gasteiger partial charge in [-0.3, -0.25) is 9.69 Å². The molecule has 4 nitrogen and oxygen atoms in total. The van der Waals surface area contributed by atoms with E-state index >= 15 is 0 Å². The first-order chi connectivity index (χ1) is 8.66. The fourth-order valence-corrected chi connectivity index (χ4v) is 4.40. The standard InChI is InChI=1S/C14H24N2O2/c1-15-7-6-11(9-15)16-12-5-3-2-4-10(12)8-13(16)14(17)18/h10-13H,2-9H2,1H3,(H,17,18). The lowest BCUT2D eigenvalue weighted by molar-refractivity contribution is -0.143. The van der Waals surface area contributed by atoms with Crippen molar-refractivity contribution < 1.29 is 9.90 Å². The van der Waals surface area contributed by atoms with E-state index in [1.54, 1.807) is 0 Å². The summed E-state index contributed by atoms with van der Waals surface area (Å²) in [7, 11) is 2.14.